The van der Waals surface area contributed by atoms with Crippen molar-refractivity contribution in [1.82, 2.24) is 14.5 Å². The summed E-state index contributed by atoms with van der Waals surface area (Å²) < 4.78 is 16.3. The van der Waals surface area contributed by atoms with E-state index in [1.165, 1.54) is 17.4 Å². The first-order valence-corrected chi connectivity index (χ1v) is 11.9. The highest BCUT2D eigenvalue weighted by atomic mass is 32.1. The average Bonchev–Trinajstić information content (AvgIpc) is 3.29. The predicted octanol–water partition coefficient (Wildman–Crippen LogP) is 3.18. The predicted molar refractivity (Wildman–Crippen MR) is 127 cm³/mol. The number of amides is 1. The van der Waals surface area contributed by atoms with Crippen LogP contribution in [0, 0.1) is 5.82 Å². The van der Waals surface area contributed by atoms with Gasteiger partial charge in [-0.15, -0.1) is 11.3 Å². The molecular weight excluding hydrogens is 429 g/mol. The Kier molecular flexibility index (Phi) is 6.74. The van der Waals surface area contributed by atoms with Crippen LogP contribution in [0.3, 0.4) is 0 Å². The lowest BCUT2D eigenvalue weighted by molar-refractivity contribution is -0.131. The summed E-state index contributed by atoms with van der Waals surface area (Å²) in [4.78, 5) is 36.5. The van der Waals surface area contributed by atoms with Crippen molar-refractivity contribution in [1.29, 1.82) is 0 Å². The molecule has 3 aromatic rings. The molecule has 9 heteroatoms. The van der Waals surface area contributed by atoms with Crippen molar-refractivity contribution in [3.8, 4) is 0 Å². The van der Waals surface area contributed by atoms with Crippen molar-refractivity contribution >= 4 is 39.1 Å². The van der Waals surface area contributed by atoms with E-state index in [0.717, 1.165) is 13.1 Å². The van der Waals surface area contributed by atoms with Gasteiger partial charge in [-0.05, 0) is 37.4 Å². The third-order valence-corrected chi connectivity index (χ3v) is 6.86. The molecule has 4 rings (SSSR count). The fraction of sp³-hybridized carbons (Fsp3) is 0.435. The van der Waals surface area contributed by atoms with Crippen molar-refractivity contribution in [3.05, 3.63) is 51.9 Å². The Morgan fingerprint density at radius 1 is 1.12 bits per heavy atom. The van der Waals surface area contributed by atoms with Gasteiger partial charge in [-0.3, -0.25) is 14.2 Å². The lowest BCUT2D eigenvalue weighted by Gasteiger charge is -2.36. The van der Waals surface area contributed by atoms with E-state index in [1.807, 2.05) is 41.2 Å². The number of thiophene rings is 1. The van der Waals surface area contributed by atoms with Crippen molar-refractivity contribution in [2.45, 2.75) is 26.8 Å². The number of aromatic nitrogens is 2. The van der Waals surface area contributed by atoms with Gasteiger partial charge in [0.2, 0.25) is 11.9 Å². The quantitative estimate of drug-likeness (QED) is 0.545. The zero-order valence-corrected chi connectivity index (χ0v) is 19.3. The van der Waals surface area contributed by atoms with Crippen molar-refractivity contribution in [3.63, 3.8) is 0 Å². The Morgan fingerprint density at radius 2 is 1.84 bits per heavy atom. The van der Waals surface area contributed by atoms with E-state index in [9.17, 15) is 14.0 Å². The van der Waals surface area contributed by atoms with Gasteiger partial charge in [-0.1, -0.05) is 12.1 Å². The van der Waals surface area contributed by atoms with Crippen LogP contribution in [0.15, 0.2) is 40.5 Å². The largest absolute Gasteiger partial charge is 0.366 e. The average molecular weight is 458 g/mol. The molecule has 32 heavy (non-hydrogen) atoms. The fourth-order valence-corrected chi connectivity index (χ4v) is 4.93. The van der Waals surface area contributed by atoms with Gasteiger partial charge in [0.25, 0.3) is 5.56 Å². The second-order valence-corrected chi connectivity index (χ2v) is 8.66. The van der Waals surface area contributed by atoms with Crippen LogP contribution in [0.2, 0.25) is 0 Å². The third-order valence-electron chi connectivity index (χ3n) is 5.97. The summed E-state index contributed by atoms with van der Waals surface area (Å²) in [6.45, 7) is 8.03. The number of hydrogen-bond acceptors (Lipinski definition) is 6. The number of nitrogens with zero attached hydrogens (tertiary/aromatic N) is 5. The molecule has 1 aliphatic rings. The number of rotatable bonds is 7. The molecule has 3 heterocycles. The van der Waals surface area contributed by atoms with Gasteiger partial charge < -0.3 is 14.7 Å². The van der Waals surface area contributed by atoms with Crippen LogP contribution in [-0.4, -0.2) is 59.6 Å². The molecule has 2 aromatic heterocycles. The molecule has 0 unspecified atom stereocenters. The highest BCUT2D eigenvalue weighted by Gasteiger charge is 2.23. The lowest BCUT2D eigenvalue weighted by Crippen LogP contribution is -2.49. The number of carbonyl (C=O) groups is 1. The summed E-state index contributed by atoms with van der Waals surface area (Å²) in [5, 5.41) is 1.87. The Hall–Kier alpha value is -2.94. The first kappa shape index (κ1) is 22.3. The van der Waals surface area contributed by atoms with Crippen LogP contribution in [0.4, 0.5) is 16.0 Å². The molecule has 0 aliphatic carbocycles. The zero-order chi connectivity index (χ0) is 22.7. The van der Waals surface area contributed by atoms with Crippen molar-refractivity contribution < 1.29 is 9.18 Å². The second kappa shape index (κ2) is 9.68. The normalized spacial score (nSPS) is 14.2. The van der Waals surface area contributed by atoms with Gasteiger partial charge in [0.1, 0.15) is 10.5 Å². The summed E-state index contributed by atoms with van der Waals surface area (Å²) in [6, 6.07) is 8.58. The molecule has 1 aromatic carbocycles. The minimum absolute atomic E-state index is 0.00172. The van der Waals surface area contributed by atoms with Gasteiger partial charge in [0.15, 0.2) is 0 Å². The number of halogens is 1. The standard InChI is InChI=1S/C23H28FN5O2S/c1-3-26(4-2)23-25-18-10-16-32-21(18)22(31)29(23)11-9-20(30)28-14-12-27(13-15-28)19-8-6-5-7-17(19)24/h5-8,10,16H,3-4,9,11-15H2,1-2H3. The maximum Gasteiger partial charge on any atom is 0.272 e. The van der Waals surface area contributed by atoms with E-state index >= 15 is 0 Å². The summed E-state index contributed by atoms with van der Waals surface area (Å²) in [6.07, 6.45) is 0.229. The maximum atomic E-state index is 14.1. The van der Waals surface area contributed by atoms with Gasteiger partial charge in [0, 0.05) is 52.2 Å². The van der Waals surface area contributed by atoms with Gasteiger partial charge in [0.05, 0.1) is 11.2 Å². The first-order valence-electron chi connectivity index (χ1n) is 11.0. The number of benzene rings is 1. The van der Waals surface area contributed by atoms with E-state index in [1.54, 1.807) is 21.6 Å². The van der Waals surface area contributed by atoms with Crippen molar-refractivity contribution in [2.24, 2.45) is 0 Å². The molecule has 0 bridgehead atoms. The highest BCUT2D eigenvalue weighted by Crippen LogP contribution is 2.22. The first-order chi connectivity index (χ1) is 15.5. The molecule has 1 saturated heterocycles. The van der Waals surface area contributed by atoms with Gasteiger partial charge in [-0.25, -0.2) is 9.37 Å². The van der Waals surface area contributed by atoms with E-state index < -0.39 is 0 Å². The Labute approximate surface area is 190 Å². The van der Waals surface area contributed by atoms with Crippen molar-refractivity contribution in [2.75, 3.05) is 49.1 Å². The zero-order valence-electron chi connectivity index (χ0n) is 18.5. The Balaban J connectivity index is 1.45. The highest BCUT2D eigenvalue weighted by molar-refractivity contribution is 7.17. The minimum atomic E-state index is -0.243. The van der Waals surface area contributed by atoms with Crippen LogP contribution in [-0.2, 0) is 11.3 Å². The number of fused-ring (bicyclic) bond motifs is 1. The molecule has 0 N–H and O–H groups in total. The van der Waals surface area contributed by atoms with Gasteiger partial charge >= 0.3 is 0 Å². The van der Waals surface area contributed by atoms with Crippen LogP contribution in [0.5, 0.6) is 0 Å². The molecule has 1 amide bonds. The molecule has 1 aliphatic heterocycles. The fourth-order valence-electron chi connectivity index (χ4n) is 4.15. The number of anilines is 2. The van der Waals surface area contributed by atoms with E-state index in [2.05, 4.69) is 0 Å². The lowest BCUT2D eigenvalue weighted by atomic mass is 10.2. The molecule has 1 fully saturated rings. The summed E-state index contributed by atoms with van der Waals surface area (Å²) in [5.74, 6) is 0.372. The number of piperazine rings is 1. The smallest absolute Gasteiger partial charge is 0.272 e. The topological polar surface area (TPSA) is 61.7 Å². The second-order valence-electron chi connectivity index (χ2n) is 7.75. The van der Waals surface area contributed by atoms with Crippen LogP contribution < -0.4 is 15.4 Å². The Bertz CT molecular complexity index is 1150. The molecule has 7 nitrogen and oxygen atoms in total. The molecular formula is C23H28FN5O2S. The Morgan fingerprint density at radius 3 is 2.53 bits per heavy atom. The molecule has 0 atom stereocenters. The molecule has 0 radical (unpaired) electrons. The summed E-state index contributed by atoms with van der Waals surface area (Å²) in [7, 11) is 0. The summed E-state index contributed by atoms with van der Waals surface area (Å²) >= 11 is 1.38. The van der Waals surface area contributed by atoms with Crippen LogP contribution >= 0.6 is 11.3 Å². The van der Waals surface area contributed by atoms with E-state index in [-0.39, 0.29) is 30.2 Å². The molecule has 0 saturated carbocycles. The van der Waals surface area contributed by atoms with Crippen LogP contribution in [0.1, 0.15) is 20.3 Å². The third kappa shape index (κ3) is 4.34. The molecule has 170 valence electrons. The molecule has 0 spiro atoms. The monoisotopic (exact) mass is 457 g/mol. The maximum absolute atomic E-state index is 14.1. The SMILES string of the molecule is CCN(CC)c1nc2ccsc2c(=O)n1CCC(=O)N1CCN(c2ccccc2F)CC1. The number of carbonyl (C=O) groups excluding carboxylic acids is 1. The van der Waals surface area contributed by atoms with E-state index in [0.29, 0.717) is 48.0 Å². The van der Waals surface area contributed by atoms with Gasteiger partial charge in [-0.2, -0.15) is 0 Å². The number of hydrogen-bond donors (Lipinski definition) is 0. The summed E-state index contributed by atoms with van der Waals surface area (Å²) in [5.41, 5.74) is 1.18. The van der Waals surface area contributed by atoms with Crippen LogP contribution in [0.25, 0.3) is 10.2 Å². The minimum Gasteiger partial charge on any atom is -0.366 e. The number of para-hydroxylation sites is 1. The van der Waals surface area contributed by atoms with E-state index in [4.69, 9.17) is 4.98 Å².